The minimum absolute atomic E-state index is 0.204. The summed E-state index contributed by atoms with van der Waals surface area (Å²) in [5.74, 6) is 0. The van der Waals surface area contributed by atoms with Crippen molar-refractivity contribution in [1.82, 2.24) is 9.29 Å². The van der Waals surface area contributed by atoms with Gasteiger partial charge in [0.05, 0.1) is 8.81 Å². The first kappa shape index (κ1) is 14.1. The highest BCUT2D eigenvalue weighted by Crippen LogP contribution is 2.34. The summed E-state index contributed by atoms with van der Waals surface area (Å²) in [4.78, 5) is 0. The lowest BCUT2D eigenvalue weighted by molar-refractivity contribution is 0.583. The Kier molecular flexibility index (Phi) is 4.18. The quantitative estimate of drug-likeness (QED) is 0.901. The van der Waals surface area contributed by atoms with E-state index < -0.39 is 10.0 Å². The fraction of sp³-hybridized carbons (Fsp3) is 0.200. The van der Waals surface area contributed by atoms with Crippen LogP contribution in [0.4, 0.5) is 0 Å². The molecule has 0 aliphatic heterocycles. The third-order valence-corrected chi connectivity index (χ3v) is 6.60. The van der Waals surface area contributed by atoms with Gasteiger partial charge in [0.15, 0.2) is 0 Å². The van der Waals surface area contributed by atoms with Gasteiger partial charge in [-0.15, -0.1) is 11.3 Å². The topological polar surface area (TPSA) is 51.1 Å². The second-order valence-electron chi connectivity index (χ2n) is 3.70. The predicted molar refractivity (Wildman–Crippen MR) is 76.5 cm³/mol. The molecule has 0 aliphatic carbocycles. The molecule has 0 atom stereocenters. The molecule has 4 nitrogen and oxygen atoms in total. The SMILES string of the molecule is Cn1ccc(CNS(=O)(=O)c2cc(Cl)c(Br)s2)c1. The summed E-state index contributed by atoms with van der Waals surface area (Å²) in [5.41, 5.74) is 0.905. The van der Waals surface area contributed by atoms with Crippen LogP contribution in [0, 0.1) is 0 Å². The maximum Gasteiger partial charge on any atom is 0.250 e. The maximum absolute atomic E-state index is 12.0. The maximum atomic E-state index is 12.0. The Hall–Kier alpha value is -0.340. The number of halogens is 2. The van der Waals surface area contributed by atoms with Gasteiger partial charge in [0.25, 0.3) is 0 Å². The summed E-state index contributed by atoms with van der Waals surface area (Å²) in [6.45, 7) is 0.260. The van der Waals surface area contributed by atoms with Crippen LogP contribution in [0.5, 0.6) is 0 Å². The summed E-state index contributed by atoms with van der Waals surface area (Å²) in [6.07, 6.45) is 3.72. The molecule has 18 heavy (non-hydrogen) atoms. The molecule has 2 heterocycles. The molecule has 2 aromatic rings. The van der Waals surface area contributed by atoms with E-state index in [0.717, 1.165) is 16.9 Å². The van der Waals surface area contributed by atoms with Gasteiger partial charge in [0.1, 0.15) is 4.21 Å². The van der Waals surface area contributed by atoms with Crippen LogP contribution in [0.2, 0.25) is 5.02 Å². The van der Waals surface area contributed by atoms with Crippen molar-refractivity contribution in [1.29, 1.82) is 0 Å². The van der Waals surface area contributed by atoms with Crippen LogP contribution in [-0.2, 0) is 23.6 Å². The fourth-order valence-electron chi connectivity index (χ4n) is 1.37. The largest absolute Gasteiger partial charge is 0.357 e. The number of aryl methyl sites for hydroxylation is 1. The molecule has 98 valence electrons. The van der Waals surface area contributed by atoms with Crippen LogP contribution in [0.25, 0.3) is 0 Å². The van der Waals surface area contributed by atoms with Crippen LogP contribution < -0.4 is 4.72 Å². The summed E-state index contributed by atoms with van der Waals surface area (Å²) in [6, 6.07) is 3.30. The highest BCUT2D eigenvalue weighted by atomic mass is 79.9. The number of thiophene rings is 1. The molecule has 0 amide bonds. The van der Waals surface area contributed by atoms with Crippen LogP contribution in [0.1, 0.15) is 5.56 Å². The van der Waals surface area contributed by atoms with Crippen molar-refractivity contribution < 1.29 is 8.42 Å². The molecule has 0 fully saturated rings. The Labute approximate surface area is 123 Å². The van der Waals surface area contributed by atoms with Gasteiger partial charge >= 0.3 is 0 Å². The number of nitrogens with zero attached hydrogens (tertiary/aromatic N) is 1. The van der Waals surface area contributed by atoms with Gasteiger partial charge < -0.3 is 4.57 Å². The van der Waals surface area contributed by atoms with Crippen molar-refractivity contribution in [3.63, 3.8) is 0 Å². The highest BCUT2D eigenvalue weighted by molar-refractivity contribution is 9.11. The number of hydrogen-bond acceptors (Lipinski definition) is 3. The van der Waals surface area contributed by atoms with Crippen molar-refractivity contribution in [2.75, 3.05) is 0 Å². The Balaban J connectivity index is 2.12. The monoisotopic (exact) mass is 368 g/mol. The van der Waals surface area contributed by atoms with Crippen LogP contribution in [0.15, 0.2) is 32.5 Å². The molecule has 0 saturated heterocycles. The van der Waals surface area contributed by atoms with Gasteiger partial charge in [0, 0.05) is 26.0 Å². The average Bonchev–Trinajstić information content (AvgIpc) is 2.84. The molecule has 0 radical (unpaired) electrons. The molecule has 2 rings (SSSR count). The van der Waals surface area contributed by atoms with Gasteiger partial charge in [-0.1, -0.05) is 11.6 Å². The average molecular weight is 370 g/mol. The summed E-state index contributed by atoms with van der Waals surface area (Å²) in [7, 11) is -1.62. The Bertz CT molecular complexity index is 644. The lowest BCUT2D eigenvalue weighted by Crippen LogP contribution is -2.22. The molecule has 8 heteroatoms. The third-order valence-electron chi connectivity index (χ3n) is 2.25. The first-order chi connectivity index (χ1) is 8.38. The molecular formula is C10H10BrClN2O2S2. The highest BCUT2D eigenvalue weighted by Gasteiger charge is 2.18. The number of nitrogens with one attached hydrogen (secondary N) is 1. The van der Waals surface area contributed by atoms with Gasteiger partial charge in [-0.2, -0.15) is 0 Å². The first-order valence-corrected chi connectivity index (χ1v) is 8.41. The lowest BCUT2D eigenvalue weighted by atomic mass is 10.4. The van der Waals surface area contributed by atoms with Crippen molar-refractivity contribution in [2.45, 2.75) is 10.8 Å². The molecule has 0 aromatic carbocycles. The Morgan fingerprint density at radius 3 is 2.78 bits per heavy atom. The number of sulfonamides is 1. The van der Waals surface area contributed by atoms with Crippen molar-refractivity contribution in [3.05, 3.63) is 38.9 Å². The van der Waals surface area contributed by atoms with E-state index in [9.17, 15) is 8.42 Å². The van der Waals surface area contributed by atoms with Crippen molar-refractivity contribution in [3.8, 4) is 0 Å². The zero-order chi connectivity index (χ0) is 13.3. The number of aromatic nitrogens is 1. The fourth-order valence-corrected chi connectivity index (χ4v) is 4.83. The third kappa shape index (κ3) is 3.16. The van der Waals surface area contributed by atoms with E-state index in [1.807, 2.05) is 30.1 Å². The minimum atomic E-state index is -3.51. The summed E-state index contributed by atoms with van der Waals surface area (Å²) in [5, 5.41) is 0.403. The van der Waals surface area contributed by atoms with E-state index in [4.69, 9.17) is 11.6 Å². The molecule has 0 aliphatic rings. The van der Waals surface area contributed by atoms with Gasteiger partial charge in [-0.3, -0.25) is 0 Å². The number of rotatable bonds is 4. The second kappa shape index (κ2) is 5.34. The van der Waals surface area contributed by atoms with Gasteiger partial charge in [-0.05, 0) is 33.6 Å². The predicted octanol–water partition coefficient (Wildman–Crippen LogP) is 2.98. The Morgan fingerprint density at radius 1 is 1.56 bits per heavy atom. The van der Waals surface area contributed by atoms with E-state index in [-0.39, 0.29) is 10.8 Å². The molecule has 0 spiro atoms. The molecule has 2 aromatic heterocycles. The standard InChI is InChI=1S/C10H10BrClN2O2S2/c1-14-3-2-7(6-14)5-13-18(15,16)9-4-8(12)10(11)17-9/h2-4,6,13H,5H2,1H3. The second-order valence-corrected chi connectivity index (χ2v) is 8.47. The lowest BCUT2D eigenvalue weighted by Gasteiger charge is -2.02. The van der Waals surface area contributed by atoms with Crippen LogP contribution in [0.3, 0.4) is 0 Å². The molecule has 0 saturated carbocycles. The van der Waals surface area contributed by atoms with E-state index in [0.29, 0.717) is 8.81 Å². The van der Waals surface area contributed by atoms with E-state index in [2.05, 4.69) is 20.7 Å². The van der Waals surface area contributed by atoms with Gasteiger partial charge in [0.2, 0.25) is 10.0 Å². The smallest absolute Gasteiger partial charge is 0.250 e. The first-order valence-electron chi connectivity index (χ1n) is 4.94. The van der Waals surface area contributed by atoms with Crippen LogP contribution in [-0.4, -0.2) is 13.0 Å². The molecular weight excluding hydrogens is 360 g/mol. The Morgan fingerprint density at radius 2 is 2.28 bits per heavy atom. The minimum Gasteiger partial charge on any atom is -0.357 e. The van der Waals surface area contributed by atoms with E-state index >= 15 is 0 Å². The molecule has 0 unspecified atom stereocenters. The normalized spacial score (nSPS) is 11.9. The summed E-state index contributed by atoms with van der Waals surface area (Å²) >= 11 is 10.1. The zero-order valence-corrected chi connectivity index (χ0v) is 13.3. The van der Waals surface area contributed by atoms with E-state index in [1.54, 1.807) is 0 Å². The van der Waals surface area contributed by atoms with Gasteiger partial charge in [-0.25, -0.2) is 13.1 Å². The molecule has 1 N–H and O–H groups in total. The van der Waals surface area contributed by atoms with Crippen LogP contribution >= 0.6 is 38.9 Å². The van der Waals surface area contributed by atoms with Crippen molar-refractivity contribution >= 4 is 48.9 Å². The molecule has 0 bridgehead atoms. The zero-order valence-electron chi connectivity index (χ0n) is 9.35. The van der Waals surface area contributed by atoms with Crippen molar-refractivity contribution in [2.24, 2.45) is 7.05 Å². The van der Waals surface area contributed by atoms with E-state index in [1.165, 1.54) is 6.07 Å². The number of hydrogen-bond donors (Lipinski definition) is 1. The summed E-state index contributed by atoms with van der Waals surface area (Å²) < 4.78 is 29.2.